The van der Waals surface area contributed by atoms with Crippen molar-refractivity contribution in [3.8, 4) is 0 Å². The zero-order valence-electron chi connectivity index (χ0n) is 13.9. The van der Waals surface area contributed by atoms with Crippen LogP contribution in [0.4, 0.5) is 0 Å². The van der Waals surface area contributed by atoms with Crippen LogP contribution in [-0.4, -0.2) is 30.4 Å². The third-order valence-electron chi connectivity index (χ3n) is 4.72. The summed E-state index contributed by atoms with van der Waals surface area (Å²) in [5.74, 6) is 0.132. The van der Waals surface area contributed by atoms with Gasteiger partial charge in [0.05, 0.1) is 12.6 Å². The van der Waals surface area contributed by atoms with Crippen LogP contribution in [0.1, 0.15) is 44.2 Å². The summed E-state index contributed by atoms with van der Waals surface area (Å²) in [6, 6.07) is 14.8. The van der Waals surface area contributed by atoms with E-state index in [4.69, 9.17) is 0 Å². The fourth-order valence-electron chi connectivity index (χ4n) is 3.34. The molecule has 0 aromatic heterocycles. The van der Waals surface area contributed by atoms with Crippen LogP contribution < -0.4 is 5.32 Å². The van der Waals surface area contributed by atoms with Crippen LogP contribution in [0.5, 0.6) is 0 Å². The predicted octanol–water partition coefficient (Wildman–Crippen LogP) is 3.89. The van der Waals surface area contributed by atoms with E-state index >= 15 is 0 Å². The fraction of sp³-hybridized carbons (Fsp3) is 0.450. The highest BCUT2D eigenvalue weighted by Gasteiger charge is 2.15. The molecule has 1 fully saturated rings. The van der Waals surface area contributed by atoms with Gasteiger partial charge in [-0.15, -0.1) is 0 Å². The summed E-state index contributed by atoms with van der Waals surface area (Å²) in [6.45, 7) is 4.69. The van der Waals surface area contributed by atoms with Crippen molar-refractivity contribution < 1.29 is 4.79 Å². The minimum Gasteiger partial charge on any atom is -0.348 e. The van der Waals surface area contributed by atoms with Crippen molar-refractivity contribution >= 4 is 16.7 Å². The molecule has 23 heavy (non-hydrogen) atoms. The Labute approximate surface area is 138 Å². The van der Waals surface area contributed by atoms with E-state index in [0.717, 1.165) is 18.7 Å². The Balaban J connectivity index is 1.60. The summed E-state index contributed by atoms with van der Waals surface area (Å²) in [5, 5.41) is 5.60. The van der Waals surface area contributed by atoms with E-state index in [9.17, 15) is 4.79 Å². The van der Waals surface area contributed by atoms with Crippen molar-refractivity contribution in [2.75, 3.05) is 19.6 Å². The molecule has 1 heterocycles. The third-order valence-corrected chi connectivity index (χ3v) is 4.72. The molecule has 3 heteroatoms. The summed E-state index contributed by atoms with van der Waals surface area (Å²) >= 11 is 0. The average Bonchev–Trinajstić information content (AvgIpc) is 2.83. The monoisotopic (exact) mass is 310 g/mol. The zero-order chi connectivity index (χ0) is 16.1. The largest absolute Gasteiger partial charge is 0.348 e. The molecule has 1 aliphatic rings. The molecule has 1 atom stereocenters. The number of hydrogen-bond donors (Lipinski definition) is 1. The third kappa shape index (κ3) is 4.32. The summed E-state index contributed by atoms with van der Waals surface area (Å²) in [4.78, 5) is 14.6. The first-order chi connectivity index (χ1) is 11.2. The number of carbonyl (C=O) groups is 1. The first-order valence-electron chi connectivity index (χ1n) is 8.73. The van der Waals surface area contributed by atoms with Crippen LogP contribution >= 0.6 is 0 Å². The number of rotatable bonds is 4. The molecule has 1 saturated heterocycles. The molecule has 1 aliphatic heterocycles. The van der Waals surface area contributed by atoms with Gasteiger partial charge in [0, 0.05) is 0 Å². The number of amides is 1. The van der Waals surface area contributed by atoms with E-state index in [0.29, 0.717) is 6.54 Å². The van der Waals surface area contributed by atoms with Gasteiger partial charge in [-0.1, -0.05) is 49.2 Å². The molecular weight excluding hydrogens is 284 g/mol. The standard InChI is InChI=1S/C20H26N2O/c1-16(18-11-10-17-8-4-5-9-19(17)14-18)21-20(23)15-22-12-6-2-3-7-13-22/h4-5,8-11,14,16H,2-3,6-7,12-13,15H2,1H3,(H,21,23). The van der Waals surface area contributed by atoms with Crippen LogP contribution in [0.2, 0.25) is 0 Å². The van der Waals surface area contributed by atoms with Crippen molar-refractivity contribution in [2.24, 2.45) is 0 Å². The van der Waals surface area contributed by atoms with Gasteiger partial charge in [0.2, 0.25) is 5.91 Å². The lowest BCUT2D eigenvalue weighted by Gasteiger charge is -2.21. The van der Waals surface area contributed by atoms with Gasteiger partial charge in [0.25, 0.3) is 0 Å². The first kappa shape index (κ1) is 16.0. The van der Waals surface area contributed by atoms with Crippen molar-refractivity contribution in [1.29, 1.82) is 0 Å². The van der Waals surface area contributed by atoms with Crippen LogP contribution in [0.15, 0.2) is 42.5 Å². The maximum atomic E-state index is 12.3. The van der Waals surface area contributed by atoms with Crippen LogP contribution in [0, 0.1) is 0 Å². The summed E-state index contributed by atoms with van der Waals surface area (Å²) < 4.78 is 0. The quantitative estimate of drug-likeness (QED) is 0.929. The summed E-state index contributed by atoms with van der Waals surface area (Å²) in [5.41, 5.74) is 1.16. The highest BCUT2D eigenvalue weighted by Crippen LogP contribution is 2.20. The van der Waals surface area contributed by atoms with E-state index in [-0.39, 0.29) is 11.9 Å². The van der Waals surface area contributed by atoms with Gasteiger partial charge in [-0.25, -0.2) is 0 Å². The SMILES string of the molecule is CC(NC(=O)CN1CCCCCC1)c1ccc2ccccc2c1. The maximum absolute atomic E-state index is 12.3. The van der Waals surface area contributed by atoms with Gasteiger partial charge in [-0.2, -0.15) is 0 Å². The van der Waals surface area contributed by atoms with Crippen LogP contribution in [0.3, 0.4) is 0 Å². The van der Waals surface area contributed by atoms with Gasteiger partial charge >= 0.3 is 0 Å². The number of hydrogen-bond acceptors (Lipinski definition) is 2. The predicted molar refractivity (Wildman–Crippen MR) is 95.4 cm³/mol. The Morgan fingerprint density at radius 2 is 1.74 bits per heavy atom. The topological polar surface area (TPSA) is 32.3 Å². The Kier molecular flexibility index (Phi) is 5.29. The number of likely N-dealkylation sites (tertiary alicyclic amines) is 1. The van der Waals surface area contributed by atoms with E-state index in [1.165, 1.54) is 36.5 Å². The number of benzene rings is 2. The molecule has 3 rings (SSSR count). The Morgan fingerprint density at radius 1 is 1.04 bits per heavy atom. The lowest BCUT2D eigenvalue weighted by atomic mass is 10.0. The van der Waals surface area contributed by atoms with Gasteiger partial charge in [0.1, 0.15) is 0 Å². The molecule has 3 nitrogen and oxygen atoms in total. The minimum absolute atomic E-state index is 0.0408. The molecule has 0 radical (unpaired) electrons. The Hall–Kier alpha value is -1.87. The first-order valence-corrected chi connectivity index (χ1v) is 8.73. The number of nitrogens with one attached hydrogen (secondary N) is 1. The van der Waals surface area contributed by atoms with Gasteiger partial charge in [-0.05, 0) is 55.3 Å². The molecule has 0 bridgehead atoms. The molecule has 122 valence electrons. The van der Waals surface area contributed by atoms with Gasteiger partial charge < -0.3 is 5.32 Å². The second kappa shape index (κ2) is 7.60. The van der Waals surface area contributed by atoms with Gasteiger partial charge in [-0.3, -0.25) is 9.69 Å². The van der Waals surface area contributed by atoms with Crippen molar-refractivity contribution in [3.63, 3.8) is 0 Å². The molecule has 1 amide bonds. The zero-order valence-corrected chi connectivity index (χ0v) is 13.9. The highest BCUT2D eigenvalue weighted by molar-refractivity contribution is 5.83. The van der Waals surface area contributed by atoms with Crippen LogP contribution in [-0.2, 0) is 4.79 Å². The van der Waals surface area contributed by atoms with Crippen molar-refractivity contribution in [1.82, 2.24) is 10.2 Å². The fourth-order valence-corrected chi connectivity index (χ4v) is 3.34. The highest BCUT2D eigenvalue weighted by atomic mass is 16.2. The average molecular weight is 310 g/mol. The molecule has 0 aliphatic carbocycles. The van der Waals surface area contributed by atoms with E-state index in [1.807, 2.05) is 0 Å². The van der Waals surface area contributed by atoms with Crippen LogP contribution in [0.25, 0.3) is 10.8 Å². The smallest absolute Gasteiger partial charge is 0.234 e. The minimum atomic E-state index is 0.0408. The second-order valence-electron chi connectivity index (χ2n) is 6.59. The molecule has 1 unspecified atom stereocenters. The molecule has 2 aromatic carbocycles. The maximum Gasteiger partial charge on any atom is 0.234 e. The number of nitrogens with zero attached hydrogens (tertiary/aromatic N) is 1. The van der Waals surface area contributed by atoms with E-state index in [1.54, 1.807) is 0 Å². The molecular formula is C20H26N2O. The lowest BCUT2D eigenvalue weighted by molar-refractivity contribution is -0.122. The molecule has 1 N–H and O–H groups in total. The van der Waals surface area contributed by atoms with Crippen molar-refractivity contribution in [2.45, 2.75) is 38.6 Å². The molecule has 2 aromatic rings. The molecule has 0 saturated carbocycles. The molecule has 0 spiro atoms. The van der Waals surface area contributed by atoms with Crippen molar-refractivity contribution in [3.05, 3.63) is 48.0 Å². The summed E-state index contributed by atoms with van der Waals surface area (Å²) in [7, 11) is 0. The van der Waals surface area contributed by atoms with E-state index in [2.05, 4.69) is 59.6 Å². The summed E-state index contributed by atoms with van der Waals surface area (Å²) in [6.07, 6.45) is 5.03. The Morgan fingerprint density at radius 3 is 2.48 bits per heavy atom. The number of carbonyl (C=O) groups excluding carboxylic acids is 1. The normalized spacial score (nSPS) is 17.6. The number of fused-ring (bicyclic) bond motifs is 1. The van der Waals surface area contributed by atoms with Gasteiger partial charge in [0.15, 0.2) is 0 Å². The van der Waals surface area contributed by atoms with E-state index < -0.39 is 0 Å². The lowest BCUT2D eigenvalue weighted by Crippen LogP contribution is -2.38. The Bertz CT molecular complexity index is 659. The second-order valence-corrected chi connectivity index (χ2v) is 6.59.